The second-order valence-corrected chi connectivity index (χ2v) is 7.55. The molecule has 0 spiro atoms. The summed E-state index contributed by atoms with van der Waals surface area (Å²) in [5.41, 5.74) is 1.08. The molecule has 1 unspecified atom stereocenters. The minimum atomic E-state index is -2.85. The van der Waals surface area contributed by atoms with Gasteiger partial charge in [0.15, 0.2) is 9.84 Å². The van der Waals surface area contributed by atoms with E-state index in [1.807, 2.05) is 43.3 Å². The molecule has 0 saturated carbocycles. The molecule has 0 aliphatic carbocycles. The van der Waals surface area contributed by atoms with Gasteiger partial charge in [0.05, 0.1) is 18.1 Å². The molecule has 19 heavy (non-hydrogen) atoms. The summed E-state index contributed by atoms with van der Waals surface area (Å²) in [6, 6.07) is 7.84. The smallest absolute Gasteiger partial charge is 0.150 e. The van der Waals surface area contributed by atoms with E-state index in [-0.39, 0.29) is 11.7 Å². The van der Waals surface area contributed by atoms with Crippen molar-refractivity contribution in [3.05, 3.63) is 24.3 Å². The fraction of sp³-hybridized carbons (Fsp3) is 0.571. The average molecular weight is 283 g/mol. The Morgan fingerprint density at radius 2 is 2.16 bits per heavy atom. The van der Waals surface area contributed by atoms with Crippen LogP contribution in [0.15, 0.2) is 24.3 Å². The number of anilines is 1. The molecule has 5 heteroatoms. The molecule has 1 atom stereocenters. The minimum Gasteiger partial charge on any atom is -0.493 e. The van der Waals surface area contributed by atoms with Gasteiger partial charge in [-0.15, -0.1) is 0 Å². The van der Waals surface area contributed by atoms with Crippen molar-refractivity contribution in [3.63, 3.8) is 0 Å². The van der Waals surface area contributed by atoms with Crippen molar-refractivity contribution in [3.8, 4) is 5.75 Å². The third-order valence-electron chi connectivity index (χ3n) is 3.38. The third-order valence-corrected chi connectivity index (χ3v) is 5.27. The first kappa shape index (κ1) is 14.2. The Kier molecular flexibility index (Phi) is 4.34. The highest BCUT2D eigenvalue weighted by molar-refractivity contribution is 7.91. The van der Waals surface area contributed by atoms with Gasteiger partial charge in [-0.25, -0.2) is 8.42 Å². The van der Waals surface area contributed by atoms with E-state index in [4.69, 9.17) is 4.74 Å². The minimum absolute atomic E-state index is 0.127. The van der Waals surface area contributed by atoms with Gasteiger partial charge in [0.1, 0.15) is 5.75 Å². The first-order chi connectivity index (χ1) is 8.96. The Bertz CT molecular complexity index is 525. The Morgan fingerprint density at radius 1 is 1.37 bits per heavy atom. The summed E-state index contributed by atoms with van der Waals surface area (Å²) < 4.78 is 28.8. The molecule has 1 aliphatic rings. The van der Waals surface area contributed by atoms with Crippen molar-refractivity contribution in [1.29, 1.82) is 0 Å². The fourth-order valence-corrected chi connectivity index (χ4v) is 4.07. The summed E-state index contributed by atoms with van der Waals surface area (Å²) in [5, 5.41) is 0. The van der Waals surface area contributed by atoms with E-state index in [1.54, 1.807) is 0 Å². The first-order valence-corrected chi connectivity index (χ1v) is 8.39. The molecule has 1 heterocycles. The van der Waals surface area contributed by atoms with Gasteiger partial charge in [0.2, 0.25) is 0 Å². The molecule has 106 valence electrons. The number of benzene rings is 1. The molecular formula is C14H21NO3S. The third kappa shape index (κ3) is 4.13. The van der Waals surface area contributed by atoms with Crippen molar-refractivity contribution in [2.75, 3.05) is 37.1 Å². The summed E-state index contributed by atoms with van der Waals surface area (Å²) in [7, 11) is 1.11. The van der Waals surface area contributed by atoms with E-state index in [2.05, 4.69) is 0 Å². The molecular weight excluding hydrogens is 262 g/mol. The molecule has 1 aliphatic heterocycles. The highest BCUT2D eigenvalue weighted by Gasteiger charge is 2.25. The van der Waals surface area contributed by atoms with E-state index in [0.717, 1.165) is 24.3 Å². The zero-order chi connectivity index (χ0) is 13.9. The van der Waals surface area contributed by atoms with Gasteiger partial charge in [0.25, 0.3) is 0 Å². The SMILES string of the molecule is CN(C)c1cccc(OCC2CCCS(=O)(=O)C2)c1. The molecule has 0 N–H and O–H groups in total. The monoisotopic (exact) mass is 283 g/mol. The lowest BCUT2D eigenvalue weighted by molar-refractivity contribution is 0.249. The van der Waals surface area contributed by atoms with Gasteiger partial charge in [0, 0.05) is 31.8 Å². The van der Waals surface area contributed by atoms with Gasteiger partial charge < -0.3 is 9.64 Å². The van der Waals surface area contributed by atoms with Crippen LogP contribution in [0.2, 0.25) is 0 Å². The van der Waals surface area contributed by atoms with E-state index < -0.39 is 9.84 Å². The fourth-order valence-electron chi connectivity index (χ4n) is 2.31. The summed E-state index contributed by atoms with van der Waals surface area (Å²) in [5.74, 6) is 1.52. The average Bonchev–Trinajstić information content (AvgIpc) is 2.35. The second-order valence-electron chi connectivity index (χ2n) is 5.33. The van der Waals surface area contributed by atoms with E-state index in [9.17, 15) is 8.42 Å². The van der Waals surface area contributed by atoms with Crippen LogP contribution in [0.3, 0.4) is 0 Å². The van der Waals surface area contributed by atoms with Crippen LogP contribution in [-0.2, 0) is 9.84 Å². The van der Waals surface area contributed by atoms with Gasteiger partial charge in [-0.3, -0.25) is 0 Å². The number of sulfone groups is 1. The number of ether oxygens (including phenoxy) is 1. The second kappa shape index (κ2) is 5.82. The van der Waals surface area contributed by atoms with Crippen LogP contribution in [-0.4, -0.2) is 40.6 Å². The van der Waals surface area contributed by atoms with Crippen LogP contribution in [0, 0.1) is 5.92 Å². The van der Waals surface area contributed by atoms with Crippen molar-refractivity contribution in [2.45, 2.75) is 12.8 Å². The maximum atomic E-state index is 11.6. The predicted octanol–water partition coefficient (Wildman–Crippen LogP) is 1.96. The highest BCUT2D eigenvalue weighted by atomic mass is 32.2. The molecule has 0 amide bonds. The molecule has 2 rings (SSSR count). The zero-order valence-electron chi connectivity index (χ0n) is 11.5. The Labute approximate surface area is 115 Å². The van der Waals surface area contributed by atoms with Gasteiger partial charge in [-0.2, -0.15) is 0 Å². The van der Waals surface area contributed by atoms with Gasteiger partial charge >= 0.3 is 0 Å². The van der Waals surface area contributed by atoms with E-state index in [1.165, 1.54) is 0 Å². The molecule has 0 bridgehead atoms. The molecule has 0 radical (unpaired) electrons. The standard InChI is InChI=1S/C14H21NO3S/c1-15(2)13-6-3-7-14(9-13)18-10-12-5-4-8-19(16,17)11-12/h3,6-7,9,12H,4-5,8,10-11H2,1-2H3. The maximum Gasteiger partial charge on any atom is 0.150 e. The van der Waals surface area contributed by atoms with Crippen molar-refractivity contribution in [2.24, 2.45) is 5.92 Å². The lowest BCUT2D eigenvalue weighted by Gasteiger charge is -2.22. The zero-order valence-corrected chi connectivity index (χ0v) is 12.3. The van der Waals surface area contributed by atoms with Crippen molar-refractivity contribution in [1.82, 2.24) is 0 Å². The first-order valence-electron chi connectivity index (χ1n) is 6.57. The molecule has 1 saturated heterocycles. The van der Waals surface area contributed by atoms with Crippen LogP contribution >= 0.6 is 0 Å². The normalized spacial score (nSPS) is 21.9. The largest absolute Gasteiger partial charge is 0.493 e. The number of nitrogens with zero attached hydrogens (tertiary/aromatic N) is 1. The highest BCUT2D eigenvalue weighted by Crippen LogP contribution is 2.22. The Morgan fingerprint density at radius 3 is 2.84 bits per heavy atom. The van der Waals surface area contributed by atoms with Crippen LogP contribution in [0.4, 0.5) is 5.69 Å². The van der Waals surface area contributed by atoms with Crippen LogP contribution in [0.5, 0.6) is 5.75 Å². The molecule has 1 aromatic rings. The summed E-state index contributed by atoms with van der Waals surface area (Å²) in [6.07, 6.45) is 1.70. The molecule has 0 aromatic heterocycles. The van der Waals surface area contributed by atoms with E-state index in [0.29, 0.717) is 12.4 Å². The Hall–Kier alpha value is -1.23. The molecule has 4 nitrogen and oxygen atoms in total. The molecule has 1 fully saturated rings. The Balaban J connectivity index is 1.93. The topological polar surface area (TPSA) is 46.6 Å². The van der Waals surface area contributed by atoms with E-state index >= 15 is 0 Å². The predicted molar refractivity (Wildman–Crippen MR) is 77.6 cm³/mol. The van der Waals surface area contributed by atoms with Gasteiger partial charge in [-0.05, 0) is 25.0 Å². The van der Waals surface area contributed by atoms with Gasteiger partial charge in [-0.1, -0.05) is 6.07 Å². The van der Waals surface area contributed by atoms with Crippen LogP contribution in [0.1, 0.15) is 12.8 Å². The number of hydrogen-bond donors (Lipinski definition) is 0. The summed E-state index contributed by atoms with van der Waals surface area (Å²) >= 11 is 0. The van der Waals surface area contributed by atoms with Crippen molar-refractivity contribution < 1.29 is 13.2 Å². The summed E-state index contributed by atoms with van der Waals surface area (Å²) in [4.78, 5) is 2.01. The van der Waals surface area contributed by atoms with Crippen LogP contribution in [0.25, 0.3) is 0 Å². The van der Waals surface area contributed by atoms with Crippen LogP contribution < -0.4 is 9.64 Å². The lowest BCUT2D eigenvalue weighted by atomic mass is 10.1. The quantitative estimate of drug-likeness (QED) is 0.847. The molecule has 1 aromatic carbocycles. The summed E-state index contributed by atoms with van der Waals surface area (Å²) in [6.45, 7) is 0.482. The maximum absolute atomic E-state index is 11.6. The lowest BCUT2D eigenvalue weighted by Crippen LogP contribution is -2.29. The number of hydrogen-bond acceptors (Lipinski definition) is 4. The number of rotatable bonds is 4. The van der Waals surface area contributed by atoms with Crippen molar-refractivity contribution >= 4 is 15.5 Å².